The van der Waals surface area contributed by atoms with Crippen molar-refractivity contribution in [3.8, 4) is 0 Å². The smallest absolute Gasteiger partial charge is 0.225 e. The number of aromatic nitrogens is 2. The van der Waals surface area contributed by atoms with Gasteiger partial charge in [-0.1, -0.05) is 6.92 Å². The highest BCUT2D eigenvalue weighted by Crippen LogP contribution is 2.40. The third-order valence-corrected chi connectivity index (χ3v) is 6.72. The van der Waals surface area contributed by atoms with Crippen molar-refractivity contribution in [2.75, 3.05) is 25.0 Å². The van der Waals surface area contributed by atoms with E-state index in [2.05, 4.69) is 23.8 Å². The highest BCUT2D eigenvalue weighted by molar-refractivity contribution is 5.78. The Kier molecular flexibility index (Phi) is 4.52. The summed E-state index contributed by atoms with van der Waals surface area (Å²) in [5.74, 6) is 2.48. The van der Waals surface area contributed by atoms with Gasteiger partial charge in [-0.2, -0.15) is 0 Å². The van der Waals surface area contributed by atoms with Gasteiger partial charge in [0, 0.05) is 43.5 Å². The van der Waals surface area contributed by atoms with Crippen molar-refractivity contribution in [2.45, 2.75) is 64.0 Å². The van der Waals surface area contributed by atoms with Gasteiger partial charge in [0.1, 0.15) is 5.78 Å². The van der Waals surface area contributed by atoms with Crippen LogP contribution in [0.2, 0.25) is 0 Å². The van der Waals surface area contributed by atoms with E-state index in [1.165, 1.54) is 18.4 Å². The van der Waals surface area contributed by atoms with E-state index in [4.69, 9.17) is 9.97 Å². The lowest BCUT2D eigenvalue weighted by Gasteiger charge is -2.39. The molecule has 0 radical (unpaired) electrons. The molecule has 0 aromatic carbocycles. The second kappa shape index (κ2) is 6.67. The Morgan fingerprint density at radius 1 is 1.08 bits per heavy atom. The quantitative estimate of drug-likeness (QED) is 0.845. The molecule has 4 rings (SSSR count). The van der Waals surface area contributed by atoms with E-state index in [9.17, 15) is 4.79 Å². The van der Waals surface area contributed by atoms with Crippen LogP contribution in [0.4, 0.5) is 5.95 Å². The molecule has 5 atom stereocenters. The maximum atomic E-state index is 11.7. The lowest BCUT2D eigenvalue weighted by Crippen LogP contribution is -2.53. The number of piperazine rings is 1. The summed E-state index contributed by atoms with van der Waals surface area (Å²) in [6, 6.07) is 1.14. The van der Waals surface area contributed by atoms with Crippen molar-refractivity contribution in [3.63, 3.8) is 0 Å². The second-order valence-corrected chi connectivity index (χ2v) is 8.53. The van der Waals surface area contributed by atoms with E-state index in [0.29, 0.717) is 29.7 Å². The molecule has 0 spiro atoms. The number of carbonyl (C=O) groups excluding carboxylic acids is 1. The summed E-state index contributed by atoms with van der Waals surface area (Å²) < 4.78 is 0. The lowest BCUT2D eigenvalue weighted by atomic mass is 9.72. The van der Waals surface area contributed by atoms with Crippen molar-refractivity contribution in [3.05, 3.63) is 18.0 Å². The highest BCUT2D eigenvalue weighted by atomic mass is 16.1. The van der Waals surface area contributed by atoms with Gasteiger partial charge >= 0.3 is 0 Å². The third kappa shape index (κ3) is 3.19. The molecule has 0 N–H and O–H groups in total. The van der Waals surface area contributed by atoms with Crippen LogP contribution in [-0.4, -0.2) is 52.9 Å². The van der Waals surface area contributed by atoms with Gasteiger partial charge < -0.3 is 9.80 Å². The molecule has 0 amide bonds. The van der Waals surface area contributed by atoms with E-state index in [1.807, 2.05) is 12.4 Å². The van der Waals surface area contributed by atoms with Gasteiger partial charge in [0.25, 0.3) is 0 Å². The van der Waals surface area contributed by atoms with Crippen LogP contribution >= 0.6 is 0 Å². The fourth-order valence-electron chi connectivity index (χ4n) is 5.42. The number of likely N-dealkylation sites (tertiary alicyclic amines) is 1. The first kappa shape index (κ1) is 17.0. The predicted octanol–water partition coefficient (Wildman–Crippen LogP) is 2.87. The molecule has 3 aliphatic rings. The number of fused-ring (bicyclic) bond motifs is 2. The zero-order valence-electron chi connectivity index (χ0n) is 15.7. The summed E-state index contributed by atoms with van der Waals surface area (Å²) in [7, 11) is 2.21. The second-order valence-electron chi connectivity index (χ2n) is 8.53. The predicted molar refractivity (Wildman–Crippen MR) is 98.7 cm³/mol. The van der Waals surface area contributed by atoms with E-state index in [1.54, 1.807) is 6.92 Å². The van der Waals surface area contributed by atoms with Gasteiger partial charge in [-0.05, 0) is 63.5 Å². The zero-order valence-corrected chi connectivity index (χ0v) is 15.7. The summed E-state index contributed by atoms with van der Waals surface area (Å²) in [5.41, 5.74) is 1.25. The minimum absolute atomic E-state index is 0.248. The van der Waals surface area contributed by atoms with Gasteiger partial charge in [-0.25, -0.2) is 9.97 Å². The standard InChI is InChI=1S/C20H30N4O/c1-13-8-15(4-7-19(13)14(2)25)16-9-21-20(22-10-16)24-17-5-6-18(24)12-23(3)11-17/h9-10,13,15,17-19H,4-8,11-12H2,1-3H3/t13?,15?,17?,18?,19-/m0/s1. The maximum absolute atomic E-state index is 11.7. The first-order valence-electron chi connectivity index (χ1n) is 9.82. The Balaban J connectivity index is 1.45. The summed E-state index contributed by atoms with van der Waals surface area (Å²) in [4.78, 5) is 26.1. The minimum atomic E-state index is 0.248. The Hall–Kier alpha value is -1.49. The van der Waals surface area contributed by atoms with Gasteiger partial charge in [0.2, 0.25) is 5.95 Å². The first-order valence-corrected chi connectivity index (χ1v) is 9.82. The Morgan fingerprint density at radius 3 is 2.28 bits per heavy atom. The largest absolute Gasteiger partial charge is 0.332 e. The van der Waals surface area contributed by atoms with Crippen LogP contribution in [0.1, 0.15) is 57.4 Å². The fraction of sp³-hybridized carbons (Fsp3) is 0.750. The topological polar surface area (TPSA) is 49.3 Å². The molecule has 2 bridgehead atoms. The number of carbonyl (C=O) groups is 1. The van der Waals surface area contributed by atoms with Crippen LogP contribution in [0, 0.1) is 11.8 Å². The van der Waals surface area contributed by atoms with Crippen LogP contribution in [0.5, 0.6) is 0 Å². The van der Waals surface area contributed by atoms with E-state index in [0.717, 1.165) is 38.3 Å². The molecule has 1 aromatic heterocycles. The molecule has 25 heavy (non-hydrogen) atoms. The molecule has 5 nitrogen and oxygen atoms in total. The first-order chi connectivity index (χ1) is 12.0. The Bertz CT molecular complexity index is 617. The molecule has 2 saturated heterocycles. The van der Waals surface area contributed by atoms with Crippen LogP contribution in [0.25, 0.3) is 0 Å². The SMILES string of the molecule is CC(=O)[C@H]1CCC(c2cnc(N3C4CCC3CN(C)C4)nc2)CC1C. The van der Waals surface area contributed by atoms with Crippen molar-refractivity contribution >= 4 is 11.7 Å². The van der Waals surface area contributed by atoms with E-state index < -0.39 is 0 Å². The van der Waals surface area contributed by atoms with Crippen molar-refractivity contribution in [1.29, 1.82) is 0 Å². The molecule has 1 saturated carbocycles. The van der Waals surface area contributed by atoms with Gasteiger partial charge in [-0.15, -0.1) is 0 Å². The molecule has 4 unspecified atom stereocenters. The Labute approximate surface area is 150 Å². The summed E-state index contributed by atoms with van der Waals surface area (Å²) >= 11 is 0. The monoisotopic (exact) mass is 342 g/mol. The molecule has 1 aromatic rings. The number of rotatable bonds is 3. The minimum Gasteiger partial charge on any atom is -0.332 e. The van der Waals surface area contributed by atoms with E-state index in [-0.39, 0.29) is 5.92 Å². The summed E-state index contributed by atoms with van der Waals surface area (Å²) in [6.45, 7) is 6.20. The fourth-order valence-corrected chi connectivity index (χ4v) is 5.42. The van der Waals surface area contributed by atoms with Gasteiger partial charge in [0.05, 0.1) is 0 Å². The number of Topliss-reactive ketones (excluding diaryl/α,β-unsaturated/α-hetero) is 1. The average Bonchev–Trinajstić information content (AvgIpc) is 2.86. The number of nitrogens with zero attached hydrogens (tertiary/aromatic N) is 4. The molecular weight excluding hydrogens is 312 g/mol. The molecule has 136 valence electrons. The molecule has 2 aliphatic heterocycles. The summed E-state index contributed by atoms with van der Waals surface area (Å²) in [5, 5.41) is 0. The average molecular weight is 342 g/mol. The number of anilines is 1. The normalized spacial score (nSPS) is 35.8. The molecular formula is C20H30N4O. The van der Waals surface area contributed by atoms with Crippen LogP contribution < -0.4 is 4.90 Å². The maximum Gasteiger partial charge on any atom is 0.225 e. The number of likely N-dealkylation sites (N-methyl/N-ethyl adjacent to an activating group) is 1. The van der Waals surface area contributed by atoms with Crippen molar-refractivity contribution in [1.82, 2.24) is 14.9 Å². The number of hydrogen-bond donors (Lipinski definition) is 0. The lowest BCUT2D eigenvalue weighted by molar-refractivity contribution is -0.123. The molecule has 3 heterocycles. The summed E-state index contributed by atoms with van der Waals surface area (Å²) in [6.07, 6.45) is 9.77. The molecule has 5 heteroatoms. The van der Waals surface area contributed by atoms with E-state index >= 15 is 0 Å². The van der Waals surface area contributed by atoms with Crippen LogP contribution in [0.15, 0.2) is 12.4 Å². The van der Waals surface area contributed by atoms with Crippen molar-refractivity contribution in [2.24, 2.45) is 11.8 Å². The molecule has 1 aliphatic carbocycles. The number of hydrogen-bond acceptors (Lipinski definition) is 5. The van der Waals surface area contributed by atoms with Crippen LogP contribution in [0.3, 0.4) is 0 Å². The number of ketones is 1. The van der Waals surface area contributed by atoms with Crippen LogP contribution in [-0.2, 0) is 4.79 Å². The van der Waals surface area contributed by atoms with Gasteiger partial charge in [-0.3, -0.25) is 4.79 Å². The highest BCUT2D eigenvalue weighted by Gasteiger charge is 2.40. The van der Waals surface area contributed by atoms with Crippen molar-refractivity contribution < 1.29 is 4.79 Å². The molecule has 3 fully saturated rings. The van der Waals surface area contributed by atoms with Gasteiger partial charge in [0.15, 0.2) is 0 Å². The zero-order chi connectivity index (χ0) is 17.6. The third-order valence-electron chi connectivity index (χ3n) is 6.72. The Morgan fingerprint density at radius 2 is 1.72 bits per heavy atom.